The van der Waals surface area contributed by atoms with Gasteiger partial charge in [-0.05, 0) is 37.3 Å². The summed E-state index contributed by atoms with van der Waals surface area (Å²) in [5, 5.41) is 0. The molecule has 0 bridgehead atoms. The second-order valence-corrected chi connectivity index (χ2v) is 8.76. The molecule has 0 aromatic heterocycles. The van der Waals surface area contributed by atoms with Crippen LogP contribution in [0.1, 0.15) is 44.9 Å². The summed E-state index contributed by atoms with van der Waals surface area (Å²) < 4.78 is 43.4. The summed E-state index contributed by atoms with van der Waals surface area (Å²) in [6, 6.07) is 4.52. The lowest BCUT2D eigenvalue weighted by molar-refractivity contribution is -0.145. The number of benzene rings is 1. The van der Waals surface area contributed by atoms with Crippen LogP contribution in [0.4, 0.5) is 0 Å². The zero-order chi connectivity index (χ0) is 19.1. The summed E-state index contributed by atoms with van der Waals surface area (Å²) in [4.78, 5) is 11.9. The van der Waals surface area contributed by atoms with Gasteiger partial charge in [0.2, 0.25) is 10.0 Å². The van der Waals surface area contributed by atoms with Crippen LogP contribution >= 0.6 is 0 Å². The van der Waals surface area contributed by atoms with Gasteiger partial charge in [0.25, 0.3) is 0 Å². The lowest BCUT2D eigenvalue weighted by Crippen LogP contribution is -2.26. The van der Waals surface area contributed by atoms with Gasteiger partial charge in [0, 0.05) is 19.0 Å². The molecule has 1 aliphatic heterocycles. The minimum absolute atomic E-state index is 0.117. The molecule has 0 amide bonds. The van der Waals surface area contributed by atoms with Crippen molar-refractivity contribution < 1.29 is 27.4 Å². The van der Waals surface area contributed by atoms with Crippen LogP contribution in [-0.4, -0.2) is 40.8 Å². The molecule has 1 heterocycles. The molecule has 1 saturated carbocycles. The van der Waals surface area contributed by atoms with Crippen molar-refractivity contribution >= 4 is 16.0 Å². The topological polar surface area (TPSA) is 90.9 Å². The number of esters is 1. The van der Waals surface area contributed by atoms with Crippen molar-refractivity contribution in [2.45, 2.75) is 49.8 Å². The summed E-state index contributed by atoms with van der Waals surface area (Å²) in [5.41, 5.74) is 0. The Labute approximate surface area is 160 Å². The molecule has 0 saturated heterocycles. The van der Waals surface area contributed by atoms with Crippen LogP contribution in [0.2, 0.25) is 0 Å². The largest absolute Gasteiger partial charge is 0.486 e. The third kappa shape index (κ3) is 5.84. The predicted molar refractivity (Wildman–Crippen MR) is 99.4 cm³/mol. The number of sulfonamides is 1. The maximum atomic E-state index is 12.4. The van der Waals surface area contributed by atoms with Crippen molar-refractivity contribution in [3.63, 3.8) is 0 Å². The highest BCUT2D eigenvalue weighted by molar-refractivity contribution is 7.89. The van der Waals surface area contributed by atoms with Crippen LogP contribution in [0.5, 0.6) is 11.5 Å². The molecule has 1 aromatic carbocycles. The van der Waals surface area contributed by atoms with Crippen molar-refractivity contribution in [3.8, 4) is 11.5 Å². The van der Waals surface area contributed by atoms with E-state index in [1.165, 1.54) is 31.4 Å². The van der Waals surface area contributed by atoms with Crippen LogP contribution in [0, 0.1) is 5.92 Å². The van der Waals surface area contributed by atoms with Crippen LogP contribution in [0.3, 0.4) is 0 Å². The molecular weight excluding hydrogens is 370 g/mol. The smallest absolute Gasteiger partial charge is 0.305 e. The number of hydrogen-bond acceptors (Lipinski definition) is 6. The minimum atomic E-state index is -3.66. The van der Waals surface area contributed by atoms with E-state index < -0.39 is 10.0 Å². The highest BCUT2D eigenvalue weighted by Gasteiger charge is 2.19. The summed E-state index contributed by atoms with van der Waals surface area (Å²) in [5.74, 6) is 1.19. The Morgan fingerprint density at radius 2 is 1.85 bits per heavy atom. The van der Waals surface area contributed by atoms with Gasteiger partial charge in [-0.3, -0.25) is 4.79 Å². The first-order chi connectivity index (χ1) is 13.0. The van der Waals surface area contributed by atoms with Crippen molar-refractivity contribution in [1.82, 2.24) is 4.72 Å². The Bertz CT molecular complexity index is 743. The zero-order valence-electron chi connectivity index (χ0n) is 15.4. The quantitative estimate of drug-likeness (QED) is 0.536. The number of hydrogen-bond donors (Lipinski definition) is 1. The van der Waals surface area contributed by atoms with Gasteiger partial charge in [-0.15, -0.1) is 0 Å². The van der Waals surface area contributed by atoms with E-state index in [1.807, 2.05) is 0 Å². The molecule has 0 spiro atoms. The van der Waals surface area contributed by atoms with E-state index in [1.54, 1.807) is 6.07 Å². The molecule has 1 fully saturated rings. The van der Waals surface area contributed by atoms with Gasteiger partial charge in [-0.1, -0.05) is 19.3 Å². The van der Waals surface area contributed by atoms with Gasteiger partial charge < -0.3 is 14.2 Å². The predicted octanol–water partition coefficient (Wildman–Crippen LogP) is 2.64. The van der Waals surface area contributed by atoms with E-state index in [0.717, 1.165) is 12.8 Å². The summed E-state index contributed by atoms with van der Waals surface area (Å²) in [7, 11) is -3.66. The fraction of sp³-hybridized carbons (Fsp3) is 0.632. The highest BCUT2D eigenvalue weighted by Crippen LogP contribution is 2.32. The number of rotatable bonds is 8. The summed E-state index contributed by atoms with van der Waals surface area (Å²) in [6.07, 6.45) is 6.55. The van der Waals surface area contributed by atoms with Crippen molar-refractivity contribution in [2.24, 2.45) is 5.92 Å². The number of carbonyl (C=O) groups is 1. The normalized spacial score (nSPS) is 17.5. The van der Waals surface area contributed by atoms with E-state index >= 15 is 0 Å². The first-order valence-electron chi connectivity index (χ1n) is 9.59. The Kier molecular flexibility index (Phi) is 6.95. The average molecular weight is 397 g/mol. The van der Waals surface area contributed by atoms with E-state index in [0.29, 0.717) is 43.7 Å². The first-order valence-corrected chi connectivity index (χ1v) is 11.1. The molecule has 27 heavy (non-hydrogen) atoms. The maximum Gasteiger partial charge on any atom is 0.305 e. The van der Waals surface area contributed by atoms with Crippen LogP contribution in [0.25, 0.3) is 0 Å². The Morgan fingerprint density at radius 3 is 2.63 bits per heavy atom. The van der Waals surface area contributed by atoms with E-state index in [9.17, 15) is 13.2 Å². The Balaban J connectivity index is 1.39. The third-order valence-corrected chi connectivity index (χ3v) is 6.34. The van der Waals surface area contributed by atoms with Crippen molar-refractivity contribution in [3.05, 3.63) is 18.2 Å². The van der Waals surface area contributed by atoms with Crippen LogP contribution in [0.15, 0.2) is 23.1 Å². The molecule has 0 unspecified atom stereocenters. The SMILES string of the molecule is O=C(CCCNS(=O)(=O)c1ccc2c(c1)OCCO2)OCC1CCCCC1. The van der Waals surface area contributed by atoms with Gasteiger partial charge in [0.05, 0.1) is 11.5 Å². The molecule has 1 aromatic rings. The fourth-order valence-electron chi connectivity index (χ4n) is 3.35. The van der Waals surface area contributed by atoms with E-state index in [-0.39, 0.29) is 23.8 Å². The molecule has 8 heteroatoms. The van der Waals surface area contributed by atoms with E-state index in [2.05, 4.69) is 4.72 Å². The van der Waals surface area contributed by atoms with E-state index in [4.69, 9.17) is 14.2 Å². The minimum Gasteiger partial charge on any atom is -0.486 e. The molecule has 1 aliphatic carbocycles. The van der Waals surface area contributed by atoms with Crippen molar-refractivity contribution in [1.29, 1.82) is 0 Å². The molecule has 0 radical (unpaired) electrons. The van der Waals surface area contributed by atoms with Gasteiger partial charge in [-0.25, -0.2) is 13.1 Å². The van der Waals surface area contributed by atoms with Gasteiger partial charge >= 0.3 is 5.97 Å². The molecule has 150 valence electrons. The number of nitrogens with one attached hydrogen (secondary N) is 1. The molecule has 7 nitrogen and oxygen atoms in total. The van der Waals surface area contributed by atoms with Gasteiger partial charge in [0.1, 0.15) is 13.2 Å². The molecule has 0 atom stereocenters. The Hall–Kier alpha value is -1.80. The fourth-order valence-corrected chi connectivity index (χ4v) is 4.44. The summed E-state index contributed by atoms with van der Waals surface area (Å²) >= 11 is 0. The zero-order valence-corrected chi connectivity index (χ0v) is 16.3. The third-order valence-electron chi connectivity index (χ3n) is 4.88. The molecular formula is C19H27NO6S. The van der Waals surface area contributed by atoms with Crippen LogP contribution in [-0.2, 0) is 19.6 Å². The molecule has 1 N–H and O–H groups in total. The number of carbonyl (C=O) groups excluding carboxylic acids is 1. The maximum absolute atomic E-state index is 12.4. The van der Waals surface area contributed by atoms with Crippen LogP contribution < -0.4 is 14.2 Å². The first kappa shape index (κ1) is 19.9. The molecule has 2 aliphatic rings. The highest BCUT2D eigenvalue weighted by atomic mass is 32.2. The monoisotopic (exact) mass is 397 g/mol. The summed E-state index contributed by atoms with van der Waals surface area (Å²) in [6.45, 7) is 1.51. The lowest BCUT2D eigenvalue weighted by atomic mass is 9.90. The molecule has 3 rings (SSSR count). The number of fused-ring (bicyclic) bond motifs is 1. The van der Waals surface area contributed by atoms with Gasteiger partial charge in [-0.2, -0.15) is 0 Å². The Morgan fingerprint density at radius 1 is 1.11 bits per heavy atom. The average Bonchev–Trinajstić information content (AvgIpc) is 2.70. The lowest BCUT2D eigenvalue weighted by Gasteiger charge is -2.21. The van der Waals surface area contributed by atoms with Gasteiger partial charge in [0.15, 0.2) is 11.5 Å². The second kappa shape index (κ2) is 9.41. The van der Waals surface area contributed by atoms with Crippen molar-refractivity contribution in [2.75, 3.05) is 26.4 Å². The number of ether oxygens (including phenoxy) is 3. The second-order valence-electron chi connectivity index (χ2n) is 6.99. The standard InChI is InChI=1S/C19H27NO6S/c21-19(26-14-15-5-2-1-3-6-15)7-4-10-20-27(22,23)16-8-9-17-18(13-16)25-12-11-24-17/h8-9,13,15,20H,1-7,10-12,14H2.